The molecule has 0 aromatic heterocycles. The van der Waals surface area contributed by atoms with Crippen LogP contribution < -0.4 is 0 Å². The van der Waals surface area contributed by atoms with E-state index in [9.17, 15) is 9.59 Å². The highest BCUT2D eigenvalue weighted by Gasteiger charge is 2.33. The second kappa shape index (κ2) is 8.96. The van der Waals surface area contributed by atoms with Crippen molar-refractivity contribution in [3.63, 3.8) is 0 Å². The summed E-state index contributed by atoms with van der Waals surface area (Å²) < 4.78 is 4.94. The number of hydrogen-bond acceptors (Lipinski definition) is 3. The molecule has 0 N–H and O–H groups in total. The molecule has 0 atom stereocenters. The molecular formula is C18H33NO3. The lowest BCUT2D eigenvalue weighted by molar-refractivity contribution is -0.144. The van der Waals surface area contributed by atoms with Gasteiger partial charge in [-0.25, -0.2) is 0 Å². The molecule has 128 valence electrons. The van der Waals surface area contributed by atoms with Crippen LogP contribution >= 0.6 is 0 Å². The molecular weight excluding hydrogens is 278 g/mol. The zero-order chi connectivity index (χ0) is 17.4. The second-order valence-corrected chi connectivity index (χ2v) is 7.45. The Bertz CT molecular complexity index is 392. The first-order chi connectivity index (χ1) is 10.0. The zero-order valence-corrected chi connectivity index (χ0v) is 15.4. The summed E-state index contributed by atoms with van der Waals surface area (Å²) in [4.78, 5) is 25.7. The number of carbonyl (C=O) groups excluding carboxylic acids is 2. The van der Waals surface area contributed by atoms with Crippen molar-refractivity contribution in [2.75, 3.05) is 13.2 Å². The normalized spacial score (nSPS) is 12.5. The van der Waals surface area contributed by atoms with Gasteiger partial charge in [0.2, 0.25) is 5.91 Å². The summed E-state index contributed by atoms with van der Waals surface area (Å²) >= 11 is 0. The van der Waals surface area contributed by atoms with Crippen LogP contribution in [0.3, 0.4) is 0 Å². The van der Waals surface area contributed by atoms with Gasteiger partial charge in [-0.3, -0.25) is 9.59 Å². The first-order valence-corrected chi connectivity index (χ1v) is 8.13. The smallest absolute Gasteiger partial charge is 0.305 e. The summed E-state index contributed by atoms with van der Waals surface area (Å²) in [5, 5.41) is 0. The minimum atomic E-state index is -0.260. The third kappa shape index (κ3) is 8.20. The molecule has 0 unspecified atom stereocenters. The molecule has 1 amide bonds. The molecule has 0 spiro atoms. The maximum Gasteiger partial charge on any atom is 0.305 e. The Morgan fingerprint density at radius 2 is 1.73 bits per heavy atom. The first-order valence-electron chi connectivity index (χ1n) is 8.13. The van der Waals surface area contributed by atoms with E-state index in [0.29, 0.717) is 26.0 Å². The zero-order valence-electron chi connectivity index (χ0n) is 15.4. The predicted octanol–water partition coefficient (Wildman–Crippen LogP) is 3.95. The molecule has 0 bridgehead atoms. The van der Waals surface area contributed by atoms with Gasteiger partial charge in [0.05, 0.1) is 6.61 Å². The van der Waals surface area contributed by atoms with Crippen LogP contribution in [0.1, 0.15) is 67.7 Å². The van der Waals surface area contributed by atoms with Crippen molar-refractivity contribution >= 4 is 11.9 Å². The first kappa shape index (κ1) is 20.7. The Morgan fingerprint density at radius 1 is 1.14 bits per heavy atom. The lowest BCUT2D eigenvalue weighted by Crippen LogP contribution is -2.49. The van der Waals surface area contributed by atoms with E-state index in [0.717, 1.165) is 6.42 Å². The van der Waals surface area contributed by atoms with E-state index in [2.05, 4.69) is 34.6 Å². The number of esters is 1. The number of nitrogens with zero attached hydrogens (tertiary/aromatic N) is 1. The van der Waals surface area contributed by atoms with Crippen LogP contribution in [-0.2, 0) is 14.3 Å². The van der Waals surface area contributed by atoms with Gasteiger partial charge in [-0.05, 0) is 52.0 Å². The van der Waals surface area contributed by atoms with Crippen molar-refractivity contribution in [1.82, 2.24) is 4.90 Å². The third-order valence-corrected chi connectivity index (χ3v) is 3.34. The van der Waals surface area contributed by atoms with Gasteiger partial charge < -0.3 is 9.64 Å². The van der Waals surface area contributed by atoms with Crippen molar-refractivity contribution in [2.24, 2.45) is 5.41 Å². The number of allylic oxidation sites excluding steroid dienone is 1. The Labute approximate surface area is 135 Å². The van der Waals surface area contributed by atoms with E-state index >= 15 is 0 Å². The minimum absolute atomic E-state index is 0.000564. The predicted molar refractivity (Wildman–Crippen MR) is 90.5 cm³/mol. The lowest BCUT2D eigenvalue weighted by atomic mass is 9.80. The third-order valence-electron chi connectivity index (χ3n) is 3.34. The average molecular weight is 311 g/mol. The fraction of sp³-hybridized carbons (Fsp3) is 0.778. The maximum atomic E-state index is 12.4. The highest BCUT2D eigenvalue weighted by molar-refractivity contribution is 5.88. The number of hydrogen-bond donors (Lipinski definition) is 0. The van der Waals surface area contributed by atoms with Crippen molar-refractivity contribution in [1.29, 1.82) is 0 Å². The highest BCUT2D eigenvalue weighted by atomic mass is 16.5. The number of rotatable bonds is 8. The average Bonchev–Trinajstić information content (AvgIpc) is 2.31. The van der Waals surface area contributed by atoms with Crippen LogP contribution in [0.15, 0.2) is 12.2 Å². The molecule has 0 aliphatic heterocycles. The molecule has 0 fully saturated rings. The van der Waals surface area contributed by atoms with Gasteiger partial charge in [-0.1, -0.05) is 26.8 Å². The van der Waals surface area contributed by atoms with Gasteiger partial charge in [0.15, 0.2) is 0 Å². The van der Waals surface area contributed by atoms with Crippen LogP contribution in [0.4, 0.5) is 0 Å². The maximum absolute atomic E-state index is 12.4. The van der Waals surface area contributed by atoms with E-state index in [1.54, 1.807) is 19.1 Å². The fourth-order valence-corrected chi connectivity index (χ4v) is 2.95. The van der Waals surface area contributed by atoms with Gasteiger partial charge in [-0.2, -0.15) is 0 Å². The molecule has 4 heteroatoms. The fourth-order valence-electron chi connectivity index (χ4n) is 2.95. The van der Waals surface area contributed by atoms with Gasteiger partial charge >= 0.3 is 5.97 Å². The number of amides is 1. The molecule has 0 saturated heterocycles. The van der Waals surface area contributed by atoms with Crippen molar-refractivity contribution in [3.8, 4) is 0 Å². The quantitative estimate of drug-likeness (QED) is 0.504. The van der Waals surface area contributed by atoms with E-state index in [1.165, 1.54) is 0 Å². The van der Waals surface area contributed by atoms with E-state index in [-0.39, 0.29) is 22.8 Å². The number of carbonyl (C=O) groups is 2. The van der Waals surface area contributed by atoms with Gasteiger partial charge in [0.1, 0.15) is 0 Å². The number of ether oxygens (including phenoxy) is 1. The van der Waals surface area contributed by atoms with Crippen LogP contribution in [-0.4, -0.2) is 35.5 Å². The molecule has 0 aliphatic carbocycles. The Morgan fingerprint density at radius 3 is 2.18 bits per heavy atom. The van der Waals surface area contributed by atoms with Gasteiger partial charge in [0.25, 0.3) is 0 Å². The van der Waals surface area contributed by atoms with Crippen LogP contribution in [0.5, 0.6) is 0 Å². The Kier molecular flexibility index (Phi) is 8.43. The van der Waals surface area contributed by atoms with E-state index in [4.69, 9.17) is 4.74 Å². The minimum Gasteiger partial charge on any atom is -0.466 e. The molecule has 0 aliphatic rings. The van der Waals surface area contributed by atoms with Crippen LogP contribution in [0.25, 0.3) is 0 Å². The monoisotopic (exact) mass is 311 g/mol. The molecule has 22 heavy (non-hydrogen) atoms. The molecule has 4 nitrogen and oxygen atoms in total. The summed E-state index contributed by atoms with van der Waals surface area (Å²) in [6, 6.07) is 0. The van der Waals surface area contributed by atoms with E-state index < -0.39 is 0 Å². The molecule has 0 aromatic carbocycles. The van der Waals surface area contributed by atoms with Gasteiger partial charge in [-0.15, -0.1) is 0 Å². The molecule has 0 radical (unpaired) electrons. The van der Waals surface area contributed by atoms with Crippen LogP contribution in [0, 0.1) is 5.41 Å². The van der Waals surface area contributed by atoms with E-state index in [1.807, 2.05) is 11.8 Å². The summed E-state index contributed by atoms with van der Waals surface area (Å²) in [6.45, 7) is 15.3. The van der Waals surface area contributed by atoms with Crippen LogP contribution in [0.2, 0.25) is 0 Å². The van der Waals surface area contributed by atoms with Crippen molar-refractivity contribution < 1.29 is 14.3 Å². The topological polar surface area (TPSA) is 46.6 Å². The van der Waals surface area contributed by atoms with Crippen molar-refractivity contribution in [3.05, 3.63) is 12.2 Å². The molecule has 0 rings (SSSR count). The van der Waals surface area contributed by atoms with Crippen molar-refractivity contribution in [2.45, 2.75) is 73.3 Å². The summed E-state index contributed by atoms with van der Waals surface area (Å²) in [5.41, 5.74) is -0.136. The summed E-state index contributed by atoms with van der Waals surface area (Å²) in [7, 11) is 0. The molecule has 0 aromatic rings. The largest absolute Gasteiger partial charge is 0.466 e. The molecule has 0 saturated carbocycles. The van der Waals surface area contributed by atoms with Gasteiger partial charge in [0, 0.05) is 18.5 Å². The lowest BCUT2D eigenvalue weighted by Gasteiger charge is -2.42. The summed E-state index contributed by atoms with van der Waals surface area (Å²) in [6.07, 6.45) is 5.21. The Balaban J connectivity index is 4.90. The summed E-state index contributed by atoms with van der Waals surface area (Å²) in [5.74, 6) is -0.199. The highest BCUT2D eigenvalue weighted by Crippen LogP contribution is 2.31. The molecule has 0 heterocycles. The SMILES string of the molecule is CC=CC(=O)N(CCCC(=O)OCC)C(C)(C)CC(C)(C)C. The Hall–Kier alpha value is -1.32. The second-order valence-electron chi connectivity index (χ2n) is 7.45. The standard InChI is InChI=1S/C18H33NO3/c1-8-11-15(20)19(13-10-12-16(21)22-9-2)18(6,7)14-17(3,4)5/h8,11H,9-10,12-14H2,1-7H3.